The van der Waals surface area contributed by atoms with Crippen LogP contribution < -0.4 is 0 Å². The van der Waals surface area contributed by atoms with Crippen LogP contribution in [0.3, 0.4) is 0 Å². The van der Waals surface area contributed by atoms with Crippen LogP contribution in [-0.4, -0.2) is 24.4 Å². The molecule has 0 amide bonds. The molecule has 8 heteroatoms. The highest BCUT2D eigenvalue weighted by Crippen LogP contribution is 2.22. The third-order valence-electron chi connectivity index (χ3n) is 3.22. The van der Waals surface area contributed by atoms with Gasteiger partial charge in [0.15, 0.2) is 0 Å². The summed E-state index contributed by atoms with van der Waals surface area (Å²) < 4.78 is 1.88. The minimum absolute atomic E-state index is 0.0191. The lowest BCUT2D eigenvalue weighted by Crippen LogP contribution is -2.05. The van der Waals surface area contributed by atoms with Crippen molar-refractivity contribution in [3.05, 3.63) is 57.4 Å². The Hall–Kier alpha value is -2.54. The van der Waals surface area contributed by atoms with Gasteiger partial charge in [-0.05, 0) is 23.7 Å². The zero-order chi connectivity index (χ0) is 15.0. The van der Waals surface area contributed by atoms with Crippen molar-refractivity contribution < 1.29 is 4.92 Å². The number of benzene rings is 1. The highest BCUT2D eigenvalue weighted by molar-refractivity contribution is 6.28. The van der Waals surface area contributed by atoms with Crippen LogP contribution in [0.2, 0.25) is 5.28 Å². The molecule has 0 bridgehead atoms. The molecular formula is C13H10ClN5O2. The minimum Gasteiger partial charge on any atom is -0.331 e. The van der Waals surface area contributed by atoms with E-state index in [0.717, 1.165) is 17.2 Å². The molecule has 0 atom stereocenters. The molecule has 0 saturated heterocycles. The molecule has 0 radical (unpaired) electrons. The Bertz CT molecular complexity index is 846. The van der Waals surface area contributed by atoms with Crippen molar-refractivity contribution in [3.8, 4) is 0 Å². The third kappa shape index (κ3) is 2.43. The first kappa shape index (κ1) is 13.4. The average molecular weight is 304 g/mol. The smallest absolute Gasteiger partial charge is 0.309 e. The summed E-state index contributed by atoms with van der Waals surface area (Å²) in [6.45, 7) is 0. The molecular weight excluding hydrogens is 294 g/mol. The van der Waals surface area contributed by atoms with Gasteiger partial charge in [-0.25, -0.2) is 15.0 Å². The minimum atomic E-state index is -0.520. The summed E-state index contributed by atoms with van der Waals surface area (Å²) in [5.74, 6) is 0.675. The maximum atomic E-state index is 11.0. The molecule has 1 aromatic carbocycles. The zero-order valence-corrected chi connectivity index (χ0v) is 11.8. The van der Waals surface area contributed by atoms with Gasteiger partial charge in [-0.15, -0.1) is 0 Å². The molecule has 0 aliphatic heterocycles. The summed E-state index contributed by atoms with van der Waals surface area (Å²) in [5, 5.41) is 11.0. The van der Waals surface area contributed by atoms with Crippen molar-refractivity contribution >= 4 is 28.3 Å². The van der Waals surface area contributed by atoms with Gasteiger partial charge in [0.25, 0.3) is 0 Å². The Kier molecular flexibility index (Phi) is 3.26. The Labute approximate surface area is 124 Å². The number of imidazole rings is 1. The monoisotopic (exact) mass is 303 g/mol. The maximum Gasteiger partial charge on any atom is 0.309 e. The van der Waals surface area contributed by atoms with Crippen molar-refractivity contribution in [1.82, 2.24) is 19.5 Å². The lowest BCUT2D eigenvalue weighted by atomic mass is 10.2. The van der Waals surface area contributed by atoms with Crippen LogP contribution in [0.4, 0.5) is 5.69 Å². The first-order valence-electron chi connectivity index (χ1n) is 6.12. The number of nitro groups is 1. The van der Waals surface area contributed by atoms with E-state index in [9.17, 15) is 10.1 Å². The average Bonchev–Trinajstić information content (AvgIpc) is 2.76. The molecule has 0 N–H and O–H groups in total. The second kappa shape index (κ2) is 5.10. The van der Waals surface area contributed by atoms with Gasteiger partial charge in [0.05, 0.1) is 22.4 Å². The van der Waals surface area contributed by atoms with Crippen LogP contribution >= 0.6 is 11.6 Å². The fourth-order valence-electron chi connectivity index (χ4n) is 2.17. The summed E-state index contributed by atoms with van der Waals surface area (Å²) in [6, 6.07) is 7.63. The number of fused-ring (bicyclic) bond motifs is 1. The van der Waals surface area contributed by atoms with Crippen LogP contribution in [0, 0.1) is 10.1 Å². The van der Waals surface area contributed by atoms with Crippen molar-refractivity contribution in [2.75, 3.05) is 0 Å². The fourth-order valence-corrected chi connectivity index (χ4v) is 2.32. The normalized spacial score (nSPS) is 11.0. The van der Waals surface area contributed by atoms with E-state index in [4.69, 9.17) is 11.6 Å². The largest absolute Gasteiger partial charge is 0.331 e. The van der Waals surface area contributed by atoms with Crippen LogP contribution in [0.15, 0.2) is 30.5 Å². The van der Waals surface area contributed by atoms with Crippen LogP contribution in [-0.2, 0) is 13.5 Å². The van der Waals surface area contributed by atoms with Crippen molar-refractivity contribution in [2.45, 2.75) is 6.42 Å². The summed E-state index contributed by atoms with van der Waals surface area (Å²) in [7, 11) is 1.86. The number of aryl methyl sites for hydroxylation is 1. The number of rotatable bonds is 3. The van der Waals surface area contributed by atoms with E-state index < -0.39 is 4.92 Å². The molecule has 3 aromatic rings. The van der Waals surface area contributed by atoms with E-state index in [-0.39, 0.29) is 23.1 Å². The number of hydrogen-bond acceptors (Lipinski definition) is 5. The molecule has 2 aromatic heterocycles. The summed E-state index contributed by atoms with van der Waals surface area (Å²) in [4.78, 5) is 22.6. The first-order chi connectivity index (χ1) is 10.1. The van der Waals surface area contributed by atoms with Crippen LogP contribution in [0.1, 0.15) is 11.5 Å². The highest BCUT2D eigenvalue weighted by Gasteiger charge is 2.19. The highest BCUT2D eigenvalue weighted by atomic mass is 35.5. The summed E-state index contributed by atoms with van der Waals surface area (Å²) in [6.07, 6.45) is 1.33. The van der Waals surface area contributed by atoms with Crippen molar-refractivity contribution in [2.24, 2.45) is 7.05 Å². The van der Waals surface area contributed by atoms with E-state index in [1.54, 1.807) is 0 Å². The predicted octanol–water partition coefficient (Wildman–Crippen LogP) is 2.52. The van der Waals surface area contributed by atoms with E-state index in [0.29, 0.717) is 5.82 Å². The number of para-hydroxylation sites is 2. The lowest BCUT2D eigenvalue weighted by molar-refractivity contribution is -0.386. The first-order valence-corrected chi connectivity index (χ1v) is 6.50. The molecule has 0 saturated carbocycles. The van der Waals surface area contributed by atoms with Crippen molar-refractivity contribution in [1.29, 1.82) is 0 Å². The summed E-state index contributed by atoms with van der Waals surface area (Å²) in [5.41, 5.74) is 1.87. The molecule has 2 heterocycles. The quantitative estimate of drug-likeness (QED) is 0.421. The molecule has 21 heavy (non-hydrogen) atoms. The lowest BCUT2D eigenvalue weighted by Gasteiger charge is -2.03. The molecule has 0 unspecified atom stereocenters. The molecule has 0 aliphatic rings. The topological polar surface area (TPSA) is 86.7 Å². The van der Waals surface area contributed by atoms with Gasteiger partial charge < -0.3 is 4.57 Å². The Morgan fingerprint density at radius 1 is 1.33 bits per heavy atom. The van der Waals surface area contributed by atoms with Gasteiger partial charge in [-0.2, -0.15) is 0 Å². The predicted molar refractivity (Wildman–Crippen MR) is 77.2 cm³/mol. The SMILES string of the molecule is Cn1c(Cc2nc(Cl)ncc2[N+](=O)[O-])nc2ccccc21. The Morgan fingerprint density at radius 2 is 2.10 bits per heavy atom. The molecule has 3 rings (SSSR count). The Morgan fingerprint density at radius 3 is 2.81 bits per heavy atom. The second-order valence-electron chi connectivity index (χ2n) is 4.48. The van der Waals surface area contributed by atoms with Gasteiger partial charge in [0.2, 0.25) is 5.28 Å². The van der Waals surface area contributed by atoms with Gasteiger partial charge in [0.1, 0.15) is 17.7 Å². The van der Waals surface area contributed by atoms with Gasteiger partial charge in [-0.3, -0.25) is 10.1 Å². The van der Waals surface area contributed by atoms with Gasteiger partial charge >= 0.3 is 5.69 Å². The molecule has 0 aliphatic carbocycles. The van der Waals surface area contributed by atoms with E-state index in [2.05, 4.69) is 15.0 Å². The molecule has 106 valence electrons. The van der Waals surface area contributed by atoms with E-state index >= 15 is 0 Å². The molecule has 0 fully saturated rings. The number of halogens is 1. The fraction of sp³-hybridized carbons (Fsp3) is 0.154. The van der Waals surface area contributed by atoms with Crippen LogP contribution in [0.25, 0.3) is 11.0 Å². The maximum absolute atomic E-state index is 11.0. The van der Waals surface area contributed by atoms with Crippen LogP contribution in [0.5, 0.6) is 0 Å². The number of hydrogen-bond donors (Lipinski definition) is 0. The van der Waals surface area contributed by atoms with E-state index in [1.807, 2.05) is 35.9 Å². The molecule has 7 nitrogen and oxygen atoms in total. The molecule has 0 spiro atoms. The summed E-state index contributed by atoms with van der Waals surface area (Å²) >= 11 is 5.73. The van der Waals surface area contributed by atoms with Gasteiger partial charge in [-0.1, -0.05) is 12.1 Å². The standard InChI is InChI=1S/C13H10ClN5O2/c1-18-10-5-3-2-4-8(10)16-12(18)6-9-11(19(20)21)7-15-13(14)17-9/h2-5,7H,6H2,1H3. The number of aromatic nitrogens is 4. The third-order valence-corrected chi connectivity index (χ3v) is 3.40. The van der Waals surface area contributed by atoms with E-state index in [1.165, 1.54) is 0 Å². The van der Waals surface area contributed by atoms with Crippen molar-refractivity contribution in [3.63, 3.8) is 0 Å². The Balaban J connectivity index is 2.08. The number of nitrogens with zero attached hydrogens (tertiary/aromatic N) is 5. The van der Waals surface area contributed by atoms with Gasteiger partial charge in [0, 0.05) is 7.05 Å². The second-order valence-corrected chi connectivity index (χ2v) is 4.82. The zero-order valence-electron chi connectivity index (χ0n) is 11.0.